The summed E-state index contributed by atoms with van der Waals surface area (Å²) in [6.07, 6.45) is 0.381. The summed E-state index contributed by atoms with van der Waals surface area (Å²) in [5.41, 5.74) is 0.705. The predicted octanol–water partition coefficient (Wildman–Crippen LogP) is 1.01. The van der Waals surface area contributed by atoms with E-state index in [1.54, 1.807) is 32.4 Å². The molecule has 1 saturated carbocycles. The molecule has 0 aromatic heterocycles. The first-order valence-electron chi connectivity index (χ1n) is 5.72. The molecule has 0 bridgehead atoms. The van der Waals surface area contributed by atoms with Gasteiger partial charge in [-0.2, -0.15) is 0 Å². The van der Waals surface area contributed by atoms with Gasteiger partial charge in [0.1, 0.15) is 5.75 Å². The number of likely N-dealkylation sites (N-methyl/N-ethyl adjacent to an activating group) is 1. The number of carboxylic acids is 1. The summed E-state index contributed by atoms with van der Waals surface area (Å²) in [7, 11) is 3.23. The number of benzene rings is 1. The standard InChI is InChI=1S/C13H13NO4/c1-14-10-4-3-7(18-2)5-8(10)13(12(14)17)6-9(13)11(15)16/h3-5,9H,6H2,1-2H3,(H,15,16). The van der Waals surface area contributed by atoms with E-state index in [9.17, 15) is 9.59 Å². The van der Waals surface area contributed by atoms with E-state index in [1.807, 2.05) is 0 Å². The summed E-state index contributed by atoms with van der Waals surface area (Å²) in [5.74, 6) is -1.00. The Morgan fingerprint density at radius 3 is 2.83 bits per heavy atom. The number of hydrogen-bond donors (Lipinski definition) is 1. The lowest BCUT2D eigenvalue weighted by Crippen LogP contribution is -2.30. The van der Waals surface area contributed by atoms with Crippen molar-refractivity contribution in [1.29, 1.82) is 0 Å². The lowest BCUT2D eigenvalue weighted by molar-refractivity contribution is -0.140. The fourth-order valence-electron chi connectivity index (χ4n) is 2.91. The largest absolute Gasteiger partial charge is 0.497 e. The maximum atomic E-state index is 12.3. The summed E-state index contributed by atoms with van der Waals surface area (Å²) in [6, 6.07) is 5.36. The molecule has 1 amide bonds. The van der Waals surface area contributed by atoms with Crippen molar-refractivity contribution in [3.63, 3.8) is 0 Å². The smallest absolute Gasteiger partial charge is 0.307 e. The van der Waals surface area contributed by atoms with Gasteiger partial charge in [-0.25, -0.2) is 0 Å². The summed E-state index contributed by atoms with van der Waals surface area (Å²) < 4.78 is 5.15. The Morgan fingerprint density at radius 2 is 2.28 bits per heavy atom. The second-order valence-electron chi connectivity index (χ2n) is 4.81. The predicted molar refractivity (Wildman–Crippen MR) is 63.8 cm³/mol. The zero-order valence-corrected chi connectivity index (χ0v) is 10.1. The van der Waals surface area contributed by atoms with Gasteiger partial charge in [0.05, 0.1) is 18.4 Å². The summed E-state index contributed by atoms with van der Waals surface area (Å²) >= 11 is 0. The van der Waals surface area contributed by atoms with Gasteiger partial charge in [-0.1, -0.05) is 0 Å². The summed E-state index contributed by atoms with van der Waals surface area (Å²) in [5, 5.41) is 9.13. The van der Waals surface area contributed by atoms with Crippen LogP contribution in [0.1, 0.15) is 12.0 Å². The van der Waals surface area contributed by atoms with Crippen LogP contribution in [0.4, 0.5) is 5.69 Å². The number of hydrogen-bond acceptors (Lipinski definition) is 3. The third-order valence-electron chi connectivity index (χ3n) is 3.99. The number of carbonyl (C=O) groups is 2. The molecule has 1 aliphatic carbocycles. The third-order valence-corrected chi connectivity index (χ3v) is 3.99. The highest BCUT2D eigenvalue weighted by molar-refractivity contribution is 6.13. The van der Waals surface area contributed by atoms with Crippen molar-refractivity contribution in [1.82, 2.24) is 0 Å². The molecule has 2 unspecified atom stereocenters. The zero-order valence-electron chi connectivity index (χ0n) is 10.1. The minimum atomic E-state index is -0.910. The van der Waals surface area contributed by atoms with Crippen molar-refractivity contribution in [2.75, 3.05) is 19.1 Å². The van der Waals surface area contributed by atoms with Crippen LogP contribution in [0.15, 0.2) is 18.2 Å². The molecule has 94 valence electrons. The fourth-order valence-corrected chi connectivity index (χ4v) is 2.91. The SMILES string of the molecule is COc1ccc2c(c1)C1(CC1C(=O)O)C(=O)N2C. The lowest BCUT2D eigenvalue weighted by Gasteiger charge is -2.10. The van der Waals surface area contributed by atoms with E-state index < -0.39 is 17.3 Å². The molecule has 1 spiro atoms. The Bertz CT molecular complexity index is 568. The fraction of sp³-hybridized carbons (Fsp3) is 0.385. The first kappa shape index (κ1) is 11.1. The second-order valence-corrected chi connectivity index (χ2v) is 4.81. The third kappa shape index (κ3) is 1.11. The highest BCUT2D eigenvalue weighted by Gasteiger charge is 2.69. The van der Waals surface area contributed by atoms with Crippen molar-refractivity contribution in [3.05, 3.63) is 23.8 Å². The van der Waals surface area contributed by atoms with Crippen LogP contribution in [-0.4, -0.2) is 31.1 Å². The van der Waals surface area contributed by atoms with E-state index in [-0.39, 0.29) is 5.91 Å². The van der Waals surface area contributed by atoms with Crippen molar-refractivity contribution in [2.24, 2.45) is 5.92 Å². The van der Waals surface area contributed by atoms with Crippen LogP contribution in [0.25, 0.3) is 0 Å². The van der Waals surface area contributed by atoms with Crippen molar-refractivity contribution >= 4 is 17.6 Å². The highest BCUT2D eigenvalue weighted by Crippen LogP contribution is 2.61. The molecule has 2 atom stereocenters. The molecule has 1 aliphatic heterocycles. The quantitative estimate of drug-likeness (QED) is 0.847. The monoisotopic (exact) mass is 247 g/mol. The van der Waals surface area contributed by atoms with Gasteiger partial charge >= 0.3 is 5.97 Å². The number of methoxy groups -OCH3 is 1. The molecule has 5 nitrogen and oxygen atoms in total. The number of anilines is 1. The van der Waals surface area contributed by atoms with Gasteiger partial charge in [-0.15, -0.1) is 0 Å². The average molecular weight is 247 g/mol. The number of ether oxygens (including phenoxy) is 1. The van der Waals surface area contributed by atoms with E-state index in [0.29, 0.717) is 12.2 Å². The minimum Gasteiger partial charge on any atom is -0.497 e. The second kappa shape index (κ2) is 3.25. The molecule has 1 N–H and O–H groups in total. The Morgan fingerprint density at radius 1 is 1.56 bits per heavy atom. The van der Waals surface area contributed by atoms with Gasteiger partial charge in [0.2, 0.25) is 5.91 Å². The van der Waals surface area contributed by atoms with Gasteiger partial charge < -0.3 is 14.7 Å². The van der Waals surface area contributed by atoms with Crippen LogP contribution in [0.2, 0.25) is 0 Å². The van der Waals surface area contributed by atoms with Crippen LogP contribution < -0.4 is 9.64 Å². The molecule has 1 heterocycles. The number of aliphatic carboxylic acids is 1. The zero-order chi connectivity index (χ0) is 13.1. The molecule has 1 aromatic rings. The van der Waals surface area contributed by atoms with Crippen LogP contribution in [0.3, 0.4) is 0 Å². The van der Waals surface area contributed by atoms with E-state index in [1.165, 1.54) is 4.90 Å². The average Bonchev–Trinajstić information content (AvgIpc) is 3.09. The van der Waals surface area contributed by atoms with Crippen molar-refractivity contribution in [2.45, 2.75) is 11.8 Å². The van der Waals surface area contributed by atoms with Gasteiger partial charge in [0, 0.05) is 12.7 Å². The number of carbonyl (C=O) groups excluding carboxylic acids is 1. The molecule has 0 saturated heterocycles. The van der Waals surface area contributed by atoms with Gasteiger partial charge in [-0.05, 0) is 30.2 Å². The van der Waals surface area contributed by atoms with Gasteiger partial charge in [-0.3, -0.25) is 9.59 Å². The van der Waals surface area contributed by atoms with Crippen LogP contribution in [0, 0.1) is 5.92 Å². The van der Waals surface area contributed by atoms with Crippen LogP contribution in [0.5, 0.6) is 5.75 Å². The topological polar surface area (TPSA) is 66.8 Å². The maximum absolute atomic E-state index is 12.3. The van der Waals surface area contributed by atoms with E-state index in [0.717, 1.165) is 11.3 Å². The molecular weight excluding hydrogens is 234 g/mol. The molecule has 18 heavy (non-hydrogen) atoms. The van der Waals surface area contributed by atoms with E-state index in [4.69, 9.17) is 9.84 Å². The number of carboxylic acid groups (broad SMARTS) is 1. The Labute approximate surface area is 104 Å². The minimum absolute atomic E-state index is 0.127. The Kier molecular flexibility index (Phi) is 2.00. The lowest BCUT2D eigenvalue weighted by atomic mass is 9.94. The van der Waals surface area contributed by atoms with Crippen molar-refractivity contribution in [3.8, 4) is 5.75 Å². The van der Waals surface area contributed by atoms with Gasteiger partial charge in [0.25, 0.3) is 0 Å². The molecular formula is C13H13NO4. The molecule has 1 aromatic carbocycles. The van der Waals surface area contributed by atoms with E-state index in [2.05, 4.69) is 0 Å². The molecule has 5 heteroatoms. The number of fused-ring (bicyclic) bond motifs is 2. The molecule has 1 fully saturated rings. The normalized spacial score (nSPS) is 28.4. The maximum Gasteiger partial charge on any atom is 0.307 e. The Balaban J connectivity index is 2.15. The molecule has 2 aliphatic rings. The molecule has 0 radical (unpaired) electrons. The first-order chi connectivity index (χ1) is 8.52. The number of nitrogens with zero attached hydrogens (tertiary/aromatic N) is 1. The molecule has 3 rings (SSSR count). The Hall–Kier alpha value is -2.04. The van der Waals surface area contributed by atoms with Crippen LogP contribution in [-0.2, 0) is 15.0 Å². The van der Waals surface area contributed by atoms with Crippen LogP contribution >= 0.6 is 0 Å². The first-order valence-corrected chi connectivity index (χ1v) is 5.72. The summed E-state index contributed by atoms with van der Waals surface area (Å²) in [4.78, 5) is 25.0. The highest BCUT2D eigenvalue weighted by atomic mass is 16.5. The number of rotatable bonds is 2. The van der Waals surface area contributed by atoms with Crippen molar-refractivity contribution < 1.29 is 19.4 Å². The van der Waals surface area contributed by atoms with E-state index >= 15 is 0 Å². The van der Waals surface area contributed by atoms with Gasteiger partial charge in [0.15, 0.2) is 0 Å². The summed E-state index contributed by atoms with van der Waals surface area (Å²) in [6.45, 7) is 0. The number of amides is 1.